The Morgan fingerprint density at radius 2 is 1.95 bits per heavy atom. The summed E-state index contributed by atoms with van der Waals surface area (Å²) in [5.74, 6) is -0.668. The molecule has 0 unspecified atom stereocenters. The lowest BCUT2D eigenvalue weighted by Gasteiger charge is -2.09. The van der Waals surface area contributed by atoms with Crippen LogP contribution in [0.15, 0.2) is 51.9 Å². The molecule has 0 radical (unpaired) electrons. The van der Waals surface area contributed by atoms with Gasteiger partial charge in [-0.05, 0) is 24.3 Å². The highest BCUT2D eigenvalue weighted by Gasteiger charge is 2.23. The number of fused-ring (bicyclic) bond motifs is 1. The molecule has 1 aromatic heterocycles. The number of rotatable bonds is 4. The third-order valence-corrected chi connectivity index (χ3v) is 4.42. The molecule has 0 aliphatic rings. The zero-order chi connectivity index (χ0) is 15.7. The summed E-state index contributed by atoms with van der Waals surface area (Å²) in [5, 5.41) is 3.55. The maximum atomic E-state index is 13.8. The predicted molar refractivity (Wildman–Crippen MR) is 77.8 cm³/mol. The van der Waals surface area contributed by atoms with Crippen molar-refractivity contribution in [3.8, 4) is 5.75 Å². The van der Waals surface area contributed by atoms with Gasteiger partial charge in [-0.25, -0.2) is 12.8 Å². The number of benzene rings is 2. The molecule has 0 fully saturated rings. The number of para-hydroxylation sites is 1. The van der Waals surface area contributed by atoms with Gasteiger partial charge in [-0.3, -0.25) is 4.72 Å². The van der Waals surface area contributed by atoms with Crippen molar-refractivity contribution in [3.63, 3.8) is 0 Å². The lowest BCUT2D eigenvalue weighted by Crippen LogP contribution is -2.14. The van der Waals surface area contributed by atoms with Crippen molar-refractivity contribution in [1.82, 2.24) is 5.16 Å². The number of ether oxygens (including phenoxy) is 1. The van der Waals surface area contributed by atoms with E-state index in [9.17, 15) is 12.8 Å². The van der Waals surface area contributed by atoms with E-state index >= 15 is 0 Å². The number of aromatic nitrogens is 1. The Bertz CT molecular complexity index is 937. The lowest BCUT2D eigenvalue weighted by molar-refractivity contribution is 0.403. The Hall–Kier alpha value is -2.61. The van der Waals surface area contributed by atoms with Crippen molar-refractivity contribution in [2.75, 3.05) is 11.8 Å². The SMILES string of the molecule is COc1ccccc1S(=O)(=O)Nc1noc2cccc(F)c12. The summed E-state index contributed by atoms with van der Waals surface area (Å²) in [6.07, 6.45) is 0. The average Bonchev–Trinajstić information content (AvgIpc) is 2.91. The van der Waals surface area contributed by atoms with E-state index in [4.69, 9.17) is 9.26 Å². The number of sulfonamides is 1. The minimum atomic E-state index is -4.00. The van der Waals surface area contributed by atoms with Gasteiger partial charge in [-0.1, -0.05) is 23.4 Å². The van der Waals surface area contributed by atoms with E-state index in [1.165, 1.54) is 37.4 Å². The fourth-order valence-electron chi connectivity index (χ4n) is 2.04. The van der Waals surface area contributed by atoms with Gasteiger partial charge in [0.05, 0.1) is 7.11 Å². The van der Waals surface area contributed by atoms with Crippen molar-refractivity contribution in [2.45, 2.75) is 4.90 Å². The van der Waals surface area contributed by atoms with Gasteiger partial charge in [-0.15, -0.1) is 0 Å². The summed E-state index contributed by atoms with van der Waals surface area (Å²) < 4.78 is 50.9. The molecule has 2 aromatic carbocycles. The largest absolute Gasteiger partial charge is 0.495 e. The van der Waals surface area contributed by atoms with Gasteiger partial charge >= 0.3 is 0 Å². The van der Waals surface area contributed by atoms with Crippen molar-refractivity contribution in [3.05, 3.63) is 48.3 Å². The molecular weight excluding hydrogens is 311 g/mol. The van der Waals surface area contributed by atoms with Gasteiger partial charge in [0, 0.05) is 0 Å². The highest BCUT2D eigenvalue weighted by atomic mass is 32.2. The fourth-order valence-corrected chi connectivity index (χ4v) is 3.22. The maximum Gasteiger partial charge on any atom is 0.266 e. The Morgan fingerprint density at radius 1 is 1.18 bits per heavy atom. The second kappa shape index (κ2) is 5.30. The molecule has 0 bridgehead atoms. The summed E-state index contributed by atoms with van der Waals surface area (Å²) in [4.78, 5) is -0.0787. The molecule has 3 rings (SSSR count). The molecule has 0 saturated heterocycles. The number of halogens is 1. The number of hydrogen-bond donors (Lipinski definition) is 1. The third-order valence-electron chi connectivity index (χ3n) is 3.04. The molecule has 0 amide bonds. The van der Waals surface area contributed by atoms with Gasteiger partial charge in [0.2, 0.25) is 0 Å². The first kappa shape index (κ1) is 14.3. The van der Waals surface area contributed by atoms with Crippen LogP contribution in [-0.4, -0.2) is 20.7 Å². The summed E-state index contributed by atoms with van der Waals surface area (Å²) >= 11 is 0. The summed E-state index contributed by atoms with van der Waals surface area (Å²) in [6, 6.07) is 10.2. The highest BCUT2D eigenvalue weighted by molar-refractivity contribution is 7.92. The Labute approximate surface area is 125 Å². The molecule has 1 N–H and O–H groups in total. The molecule has 0 aliphatic heterocycles. The number of anilines is 1. The van der Waals surface area contributed by atoms with Crippen LogP contribution in [0.4, 0.5) is 10.2 Å². The van der Waals surface area contributed by atoms with Crippen molar-refractivity contribution < 1.29 is 22.1 Å². The second-order valence-electron chi connectivity index (χ2n) is 4.40. The van der Waals surface area contributed by atoms with Crippen LogP contribution in [0.3, 0.4) is 0 Å². The number of methoxy groups -OCH3 is 1. The Balaban J connectivity index is 2.07. The van der Waals surface area contributed by atoms with Crippen LogP contribution in [0.5, 0.6) is 5.75 Å². The van der Waals surface area contributed by atoms with Crippen LogP contribution in [0.25, 0.3) is 11.0 Å². The van der Waals surface area contributed by atoms with Crippen LogP contribution in [-0.2, 0) is 10.0 Å². The van der Waals surface area contributed by atoms with Crippen LogP contribution in [0.2, 0.25) is 0 Å². The van der Waals surface area contributed by atoms with E-state index < -0.39 is 15.8 Å². The van der Waals surface area contributed by atoms with Crippen molar-refractivity contribution >= 4 is 26.8 Å². The van der Waals surface area contributed by atoms with E-state index in [1.807, 2.05) is 0 Å². The van der Waals surface area contributed by atoms with E-state index in [-0.39, 0.29) is 27.4 Å². The first-order valence-corrected chi connectivity index (χ1v) is 7.71. The maximum absolute atomic E-state index is 13.8. The highest BCUT2D eigenvalue weighted by Crippen LogP contribution is 2.29. The predicted octanol–water partition coefficient (Wildman–Crippen LogP) is 2.78. The smallest absolute Gasteiger partial charge is 0.266 e. The molecule has 0 atom stereocenters. The molecule has 6 nitrogen and oxygen atoms in total. The third kappa shape index (κ3) is 2.37. The van der Waals surface area contributed by atoms with Crippen molar-refractivity contribution in [1.29, 1.82) is 0 Å². The number of nitrogens with one attached hydrogen (secondary N) is 1. The summed E-state index contributed by atoms with van der Waals surface area (Å²) in [7, 11) is -2.64. The van der Waals surface area contributed by atoms with Crippen LogP contribution in [0.1, 0.15) is 0 Å². The summed E-state index contributed by atoms with van der Waals surface area (Å²) in [5.41, 5.74) is 0.151. The van der Waals surface area contributed by atoms with Crippen LogP contribution in [0, 0.1) is 5.82 Å². The molecule has 3 aromatic rings. The van der Waals surface area contributed by atoms with E-state index in [0.717, 1.165) is 0 Å². The molecule has 114 valence electrons. The van der Waals surface area contributed by atoms with Gasteiger partial charge < -0.3 is 9.26 Å². The fraction of sp³-hybridized carbons (Fsp3) is 0.0714. The molecule has 0 saturated carbocycles. The second-order valence-corrected chi connectivity index (χ2v) is 6.05. The van der Waals surface area contributed by atoms with Crippen LogP contribution >= 0.6 is 0 Å². The molecule has 1 heterocycles. The van der Waals surface area contributed by atoms with Gasteiger partial charge in [0.25, 0.3) is 10.0 Å². The average molecular weight is 322 g/mol. The zero-order valence-corrected chi connectivity index (χ0v) is 12.2. The standard InChI is InChI=1S/C14H11FN2O4S/c1-20-10-6-2-3-8-12(10)22(18,19)17-14-13-9(15)5-4-7-11(13)21-16-14/h2-8H,1H3,(H,16,17). The summed E-state index contributed by atoms with van der Waals surface area (Å²) in [6.45, 7) is 0. The quantitative estimate of drug-likeness (QED) is 0.799. The molecular formula is C14H11FN2O4S. The van der Waals surface area contributed by atoms with E-state index in [0.29, 0.717) is 0 Å². The van der Waals surface area contributed by atoms with Gasteiger partial charge in [-0.2, -0.15) is 0 Å². The van der Waals surface area contributed by atoms with E-state index in [1.54, 1.807) is 12.1 Å². The van der Waals surface area contributed by atoms with Gasteiger partial charge in [0.1, 0.15) is 21.8 Å². The lowest BCUT2D eigenvalue weighted by atomic mass is 10.2. The topological polar surface area (TPSA) is 81.4 Å². The molecule has 0 spiro atoms. The number of nitrogens with zero attached hydrogens (tertiary/aromatic N) is 1. The zero-order valence-electron chi connectivity index (χ0n) is 11.4. The monoisotopic (exact) mass is 322 g/mol. The Morgan fingerprint density at radius 3 is 2.73 bits per heavy atom. The van der Waals surface area contributed by atoms with E-state index in [2.05, 4.69) is 9.88 Å². The molecule has 22 heavy (non-hydrogen) atoms. The Kier molecular flexibility index (Phi) is 3.45. The molecule has 8 heteroatoms. The number of hydrogen-bond acceptors (Lipinski definition) is 5. The van der Waals surface area contributed by atoms with Gasteiger partial charge in [0.15, 0.2) is 11.4 Å². The minimum Gasteiger partial charge on any atom is -0.495 e. The normalized spacial score (nSPS) is 11.5. The first-order chi connectivity index (χ1) is 10.5. The first-order valence-electron chi connectivity index (χ1n) is 6.22. The van der Waals surface area contributed by atoms with Crippen LogP contribution < -0.4 is 9.46 Å². The molecule has 0 aliphatic carbocycles. The minimum absolute atomic E-state index is 0.0269. The van der Waals surface area contributed by atoms with Crippen molar-refractivity contribution in [2.24, 2.45) is 0 Å².